The first-order valence-corrected chi connectivity index (χ1v) is 14.1. The van der Waals surface area contributed by atoms with Gasteiger partial charge in [0.2, 0.25) is 0 Å². The van der Waals surface area contributed by atoms with Crippen molar-refractivity contribution in [3.05, 3.63) is 44.9 Å². The number of unbranched alkanes of at least 4 members (excludes halogenated alkanes) is 1. The van der Waals surface area contributed by atoms with Crippen molar-refractivity contribution in [3.63, 3.8) is 0 Å². The average molecular weight is 523 g/mol. The number of rotatable bonds is 10. The van der Waals surface area contributed by atoms with E-state index in [9.17, 15) is 14.4 Å². The zero-order valence-electron chi connectivity index (χ0n) is 22.2. The lowest BCUT2D eigenvalue weighted by Gasteiger charge is -2.19. The van der Waals surface area contributed by atoms with Gasteiger partial charge in [0, 0.05) is 44.1 Å². The van der Waals surface area contributed by atoms with Crippen molar-refractivity contribution < 1.29 is 9.53 Å². The van der Waals surface area contributed by atoms with Gasteiger partial charge >= 0.3 is 5.69 Å². The van der Waals surface area contributed by atoms with E-state index in [1.54, 1.807) is 22.9 Å². The maximum Gasteiger partial charge on any atom is 0.333 e. The summed E-state index contributed by atoms with van der Waals surface area (Å²) in [4.78, 5) is 50.6. The lowest BCUT2D eigenvalue weighted by molar-refractivity contribution is 0.0945. The summed E-state index contributed by atoms with van der Waals surface area (Å²) < 4.78 is 8.54. The Labute approximate surface area is 221 Å². The first-order valence-electron chi connectivity index (χ1n) is 14.1. The Balaban J connectivity index is 1.21. The highest BCUT2D eigenvalue weighted by molar-refractivity contribution is 5.92. The summed E-state index contributed by atoms with van der Waals surface area (Å²) in [6.45, 7) is 4.86. The number of amides is 1. The molecular formula is C28H38N6O4. The van der Waals surface area contributed by atoms with Crippen LogP contribution in [0.4, 0.5) is 0 Å². The molecule has 1 amide bonds. The molecule has 204 valence electrons. The predicted octanol–water partition coefficient (Wildman–Crippen LogP) is 3.80. The lowest BCUT2D eigenvalue weighted by atomic mass is 9.92. The van der Waals surface area contributed by atoms with Gasteiger partial charge < -0.3 is 15.0 Å². The Morgan fingerprint density at radius 2 is 2.00 bits per heavy atom. The molecule has 4 heterocycles. The fourth-order valence-electron chi connectivity index (χ4n) is 5.29. The van der Waals surface area contributed by atoms with Crippen molar-refractivity contribution >= 4 is 17.1 Å². The number of hydrogen-bond donors (Lipinski definition) is 2. The molecule has 1 saturated heterocycles. The number of H-pyrrole nitrogens is 1. The van der Waals surface area contributed by atoms with Crippen molar-refractivity contribution in [3.8, 4) is 11.4 Å². The second kappa shape index (κ2) is 12.1. The van der Waals surface area contributed by atoms with Crippen LogP contribution in [0.25, 0.3) is 22.6 Å². The molecule has 1 saturated carbocycles. The van der Waals surface area contributed by atoms with E-state index in [0.29, 0.717) is 41.3 Å². The van der Waals surface area contributed by atoms with Crippen LogP contribution in [0.5, 0.6) is 0 Å². The van der Waals surface area contributed by atoms with Gasteiger partial charge in [-0.2, -0.15) is 0 Å². The zero-order chi connectivity index (χ0) is 26.5. The van der Waals surface area contributed by atoms with E-state index in [-0.39, 0.29) is 23.2 Å². The molecule has 0 bridgehead atoms. The maximum absolute atomic E-state index is 13.0. The van der Waals surface area contributed by atoms with E-state index >= 15 is 0 Å². The Morgan fingerprint density at radius 1 is 1.13 bits per heavy atom. The number of hydrogen-bond acceptors (Lipinski definition) is 6. The van der Waals surface area contributed by atoms with Crippen molar-refractivity contribution in [2.24, 2.45) is 5.92 Å². The highest BCUT2D eigenvalue weighted by Crippen LogP contribution is 2.32. The maximum atomic E-state index is 13.0. The summed E-state index contributed by atoms with van der Waals surface area (Å²) in [6.07, 6.45) is 12.1. The van der Waals surface area contributed by atoms with E-state index < -0.39 is 0 Å². The van der Waals surface area contributed by atoms with Crippen LogP contribution in [0.3, 0.4) is 0 Å². The van der Waals surface area contributed by atoms with Crippen LogP contribution in [0.2, 0.25) is 0 Å². The number of aryl methyl sites for hydroxylation is 1. The van der Waals surface area contributed by atoms with Gasteiger partial charge in [-0.1, -0.05) is 32.6 Å². The number of pyridine rings is 1. The molecule has 5 rings (SSSR count). The Bertz CT molecular complexity index is 1360. The second-order valence-corrected chi connectivity index (χ2v) is 10.6. The highest BCUT2D eigenvalue weighted by atomic mass is 16.5. The average Bonchev–Trinajstić information content (AvgIpc) is 3.63. The summed E-state index contributed by atoms with van der Waals surface area (Å²) >= 11 is 0. The molecule has 0 spiro atoms. The van der Waals surface area contributed by atoms with Crippen molar-refractivity contribution in [1.29, 1.82) is 0 Å². The SMILES string of the molecule is CCCn1c(=O)n(C2CC2)c(=O)c2[nH]c(-c3ccc(C(=O)NCCCCC4CCCCOCC4)nc3)nc21. The third kappa shape index (κ3) is 5.90. The minimum atomic E-state index is -0.328. The van der Waals surface area contributed by atoms with E-state index in [1.807, 2.05) is 6.92 Å². The normalized spacial score (nSPS) is 18.3. The number of carbonyl (C=O) groups is 1. The van der Waals surface area contributed by atoms with Crippen molar-refractivity contribution in [2.45, 2.75) is 83.7 Å². The molecule has 1 unspecified atom stereocenters. The standard InChI is InChI=1S/C28H38N6O4/c1-2-15-33-25-23(27(36)34(28(33)37)21-10-11-21)31-24(32-25)20-9-12-22(30-18-20)26(35)29-14-5-3-7-19-8-4-6-16-38-17-13-19/h9,12,18-19,21H,2-8,10-11,13-17H2,1H3,(H,29,35)(H,31,32). The molecule has 10 nitrogen and oxygen atoms in total. The van der Waals surface area contributed by atoms with Crippen molar-refractivity contribution in [2.75, 3.05) is 19.8 Å². The number of imidazole rings is 1. The molecule has 3 aromatic rings. The summed E-state index contributed by atoms with van der Waals surface area (Å²) in [7, 11) is 0. The summed E-state index contributed by atoms with van der Waals surface area (Å²) in [5.41, 5.74) is 1.05. The minimum Gasteiger partial charge on any atom is -0.381 e. The van der Waals surface area contributed by atoms with E-state index in [1.165, 1.54) is 23.8 Å². The fourth-order valence-corrected chi connectivity index (χ4v) is 5.29. The zero-order valence-corrected chi connectivity index (χ0v) is 22.2. The van der Waals surface area contributed by atoms with E-state index in [2.05, 4.69) is 20.3 Å². The molecule has 38 heavy (non-hydrogen) atoms. The van der Waals surface area contributed by atoms with Crippen LogP contribution in [0, 0.1) is 5.92 Å². The van der Waals surface area contributed by atoms with Gasteiger partial charge in [-0.25, -0.2) is 9.78 Å². The summed E-state index contributed by atoms with van der Waals surface area (Å²) in [5, 5.41) is 2.97. The Kier molecular flexibility index (Phi) is 8.36. The number of aromatic amines is 1. The van der Waals surface area contributed by atoms with E-state index in [4.69, 9.17) is 4.74 Å². The highest BCUT2D eigenvalue weighted by Gasteiger charge is 2.30. The van der Waals surface area contributed by atoms with Gasteiger partial charge in [0.05, 0.1) is 0 Å². The molecule has 1 aliphatic heterocycles. The van der Waals surface area contributed by atoms with Gasteiger partial charge in [-0.05, 0) is 56.6 Å². The minimum absolute atomic E-state index is 0.0234. The monoisotopic (exact) mass is 522 g/mol. The molecule has 10 heteroatoms. The molecule has 1 atom stereocenters. The first kappa shape index (κ1) is 26.3. The quantitative estimate of drug-likeness (QED) is 0.390. The summed E-state index contributed by atoms with van der Waals surface area (Å²) in [6, 6.07) is 3.40. The van der Waals surface area contributed by atoms with Crippen LogP contribution in [-0.4, -0.2) is 49.8 Å². The number of carbonyl (C=O) groups excluding carboxylic acids is 1. The number of nitrogens with zero attached hydrogens (tertiary/aromatic N) is 4. The van der Waals surface area contributed by atoms with Gasteiger partial charge in [0.25, 0.3) is 11.5 Å². The topological polar surface area (TPSA) is 124 Å². The van der Waals surface area contributed by atoms with Gasteiger partial charge in [0.15, 0.2) is 5.65 Å². The van der Waals surface area contributed by atoms with Gasteiger partial charge in [-0.15, -0.1) is 0 Å². The van der Waals surface area contributed by atoms with Crippen LogP contribution in [-0.2, 0) is 11.3 Å². The largest absolute Gasteiger partial charge is 0.381 e. The van der Waals surface area contributed by atoms with Crippen LogP contribution in [0.1, 0.15) is 87.7 Å². The third-order valence-electron chi connectivity index (χ3n) is 7.59. The number of ether oxygens (including phenoxy) is 1. The second-order valence-electron chi connectivity index (χ2n) is 10.6. The molecule has 2 fully saturated rings. The molecule has 2 aliphatic rings. The first-order chi connectivity index (χ1) is 18.6. The Hall–Kier alpha value is -3.27. The molecule has 0 radical (unpaired) electrons. The number of fused-ring (bicyclic) bond motifs is 1. The van der Waals surface area contributed by atoms with Crippen LogP contribution >= 0.6 is 0 Å². The molecule has 3 aromatic heterocycles. The van der Waals surface area contributed by atoms with Gasteiger partial charge in [0.1, 0.15) is 17.0 Å². The predicted molar refractivity (Wildman–Crippen MR) is 145 cm³/mol. The third-order valence-corrected chi connectivity index (χ3v) is 7.59. The molecule has 0 aromatic carbocycles. The van der Waals surface area contributed by atoms with E-state index in [0.717, 1.165) is 64.1 Å². The number of nitrogens with one attached hydrogen (secondary N) is 2. The molecular weight excluding hydrogens is 484 g/mol. The summed E-state index contributed by atoms with van der Waals surface area (Å²) in [5.74, 6) is 0.977. The lowest BCUT2D eigenvalue weighted by Crippen LogP contribution is -2.39. The molecule has 1 aliphatic carbocycles. The smallest absolute Gasteiger partial charge is 0.333 e. The molecule has 2 N–H and O–H groups in total. The van der Waals surface area contributed by atoms with Crippen molar-refractivity contribution in [1.82, 2.24) is 29.4 Å². The number of aromatic nitrogens is 5. The fraction of sp³-hybridized carbons (Fsp3) is 0.607. The van der Waals surface area contributed by atoms with Gasteiger partial charge in [-0.3, -0.25) is 23.7 Å². The Morgan fingerprint density at radius 3 is 2.76 bits per heavy atom. The van der Waals surface area contributed by atoms with Crippen LogP contribution < -0.4 is 16.6 Å². The van der Waals surface area contributed by atoms with Crippen LogP contribution in [0.15, 0.2) is 27.9 Å².